The van der Waals surface area contributed by atoms with Gasteiger partial charge in [0, 0.05) is 44.0 Å². The molecule has 0 aliphatic carbocycles. The minimum absolute atomic E-state index is 0.0513. The first kappa shape index (κ1) is 29.0. The van der Waals surface area contributed by atoms with Crippen LogP contribution >= 0.6 is 0 Å². The molecule has 3 aromatic heterocycles. The number of alkyl halides is 4. The lowest BCUT2D eigenvalue weighted by atomic mass is 10.2. The van der Waals surface area contributed by atoms with E-state index in [1.165, 1.54) is 35.4 Å². The van der Waals surface area contributed by atoms with E-state index in [9.17, 15) is 36.6 Å². The summed E-state index contributed by atoms with van der Waals surface area (Å²) in [5, 5.41) is 29.1. The number of aromatic nitrogens is 7. The second kappa shape index (κ2) is 12.5. The number of carbonyl (C=O) groups is 2. The number of rotatable bonds is 11. The van der Waals surface area contributed by atoms with Crippen molar-refractivity contribution in [3.05, 3.63) is 82.9 Å². The normalized spacial score (nSPS) is 12.2. The molecule has 12 nitrogen and oxygen atoms in total. The van der Waals surface area contributed by atoms with E-state index in [-0.39, 0.29) is 60.9 Å². The molecule has 4 aromatic rings. The van der Waals surface area contributed by atoms with Gasteiger partial charge in [0.25, 0.3) is 11.8 Å². The molecular formula is C24H22F5N9O3. The molecule has 1 atom stereocenters. The van der Waals surface area contributed by atoms with Crippen LogP contribution in [0.15, 0.2) is 49.1 Å². The van der Waals surface area contributed by atoms with Crippen LogP contribution in [0.5, 0.6) is 5.75 Å². The molecular weight excluding hydrogens is 557 g/mol. The third-order valence-corrected chi connectivity index (χ3v) is 5.64. The summed E-state index contributed by atoms with van der Waals surface area (Å²) >= 11 is 0. The number of carbonyl (C=O) groups excluding carboxylic acids is 2. The first-order valence-electron chi connectivity index (χ1n) is 12.0. The second-order valence-electron chi connectivity index (χ2n) is 8.80. The molecule has 4 rings (SSSR count). The van der Waals surface area contributed by atoms with E-state index in [0.29, 0.717) is 6.20 Å². The van der Waals surface area contributed by atoms with E-state index < -0.39 is 35.5 Å². The van der Waals surface area contributed by atoms with Crippen LogP contribution in [-0.2, 0) is 32.4 Å². The SMILES string of the molecule is O=C(NCc1cc(O)ccc1F)c1cn(CCC(F)Cn2cc(C(=O)NCc3cncc(C(F)(F)F)c3)nn2)nn1. The number of phenols is 1. The van der Waals surface area contributed by atoms with Crippen LogP contribution in [0.4, 0.5) is 22.0 Å². The van der Waals surface area contributed by atoms with E-state index in [1.807, 2.05) is 0 Å². The Balaban J connectivity index is 1.22. The number of benzene rings is 1. The molecule has 3 heterocycles. The average Bonchev–Trinajstić information content (AvgIpc) is 3.61. The van der Waals surface area contributed by atoms with Crippen LogP contribution in [0.25, 0.3) is 0 Å². The highest BCUT2D eigenvalue weighted by Crippen LogP contribution is 2.28. The third-order valence-electron chi connectivity index (χ3n) is 5.64. The van der Waals surface area contributed by atoms with Crippen molar-refractivity contribution >= 4 is 11.8 Å². The molecule has 0 aliphatic heterocycles. The van der Waals surface area contributed by atoms with E-state index >= 15 is 0 Å². The Morgan fingerprint density at radius 2 is 1.61 bits per heavy atom. The minimum Gasteiger partial charge on any atom is -0.508 e. The largest absolute Gasteiger partial charge is 0.508 e. The molecule has 0 fully saturated rings. The fourth-order valence-electron chi connectivity index (χ4n) is 3.54. The summed E-state index contributed by atoms with van der Waals surface area (Å²) in [5.41, 5.74) is -0.976. The van der Waals surface area contributed by atoms with Gasteiger partial charge in [-0.25, -0.2) is 13.5 Å². The molecule has 2 amide bonds. The molecule has 0 saturated carbocycles. The Hall–Kier alpha value is -4.96. The zero-order chi connectivity index (χ0) is 29.6. The summed E-state index contributed by atoms with van der Waals surface area (Å²) in [6, 6.07) is 4.28. The van der Waals surface area contributed by atoms with Crippen molar-refractivity contribution < 1.29 is 36.6 Å². The molecule has 0 aliphatic rings. The average molecular weight is 579 g/mol. The minimum atomic E-state index is -4.57. The molecule has 17 heteroatoms. The fourth-order valence-corrected chi connectivity index (χ4v) is 3.54. The van der Waals surface area contributed by atoms with Gasteiger partial charge in [0.15, 0.2) is 11.4 Å². The van der Waals surface area contributed by atoms with Gasteiger partial charge < -0.3 is 15.7 Å². The van der Waals surface area contributed by atoms with Crippen LogP contribution in [0.2, 0.25) is 0 Å². The third kappa shape index (κ3) is 8.02. The Bertz CT molecular complexity index is 1520. The number of phenolic OH excluding ortho intramolecular Hbond substituents is 1. The maximum atomic E-state index is 14.5. The van der Waals surface area contributed by atoms with Crippen LogP contribution in [-0.4, -0.2) is 58.1 Å². The number of hydrogen-bond acceptors (Lipinski definition) is 8. The number of hydrogen-bond donors (Lipinski definition) is 3. The first-order chi connectivity index (χ1) is 19.5. The highest BCUT2D eigenvalue weighted by atomic mass is 19.4. The molecule has 0 bridgehead atoms. The van der Waals surface area contributed by atoms with Crippen molar-refractivity contribution in [3.63, 3.8) is 0 Å². The van der Waals surface area contributed by atoms with E-state index in [0.717, 1.165) is 16.8 Å². The number of nitrogens with zero attached hydrogens (tertiary/aromatic N) is 7. The number of amides is 2. The summed E-state index contributed by atoms with van der Waals surface area (Å²) in [6.45, 7) is -0.636. The highest BCUT2D eigenvalue weighted by Gasteiger charge is 2.31. The molecule has 3 N–H and O–H groups in total. The van der Waals surface area contributed by atoms with Gasteiger partial charge in [-0.3, -0.25) is 19.3 Å². The standard InChI is InChI=1S/C24H22F5N9O3/c25-17(3-4-37-12-20(33-35-37)23(41)32-9-15-6-18(39)1-2-19(15)26)11-38-13-21(34-36-38)22(40)31-8-14-5-16(10-30-7-14)24(27,28)29/h1-2,5-7,10,12-13,17,39H,3-4,8-9,11H2,(H,31,40)(H,32,41). The highest BCUT2D eigenvalue weighted by molar-refractivity contribution is 5.92. The Morgan fingerprint density at radius 3 is 2.32 bits per heavy atom. The van der Waals surface area contributed by atoms with Crippen molar-refractivity contribution in [1.82, 2.24) is 45.6 Å². The summed E-state index contributed by atoms with van der Waals surface area (Å²) in [4.78, 5) is 28.1. The van der Waals surface area contributed by atoms with E-state index in [1.54, 1.807) is 0 Å². The van der Waals surface area contributed by atoms with Crippen molar-refractivity contribution in [2.24, 2.45) is 0 Å². The van der Waals surface area contributed by atoms with Gasteiger partial charge >= 0.3 is 6.18 Å². The number of aryl methyl sites for hydroxylation is 1. The van der Waals surface area contributed by atoms with Crippen LogP contribution < -0.4 is 10.6 Å². The summed E-state index contributed by atoms with van der Waals surface area (Å²) in [7, 11) is 0. The van der Waals surface area contributed by atoms with Gasteiger partial charge in [-0.2, -0.15) is 13.2 Å². The molecule has 1 aromatic carbocycles. The second-order valence-corrected chi connectivity index (χ2v) is 8.80. The van der Waals surface area contributed by atoms with Crippen LogP contribution in [0, 0.1) is 5.82 Å². The van der Waals surface area contributed by atoms with Crippen LogP contribution in [0.3, 0.4) is 0 Å². The maximum Gasteiger partial charge on any atom is 0.417 e. The molecule has 216 valence electrons. The van der Waals surface area contributed by atoms with Crippen LogP contribution in [0.1, 0.15) is 44.1 Å². The number of aromatic hydroxyl groups is 1. The van der Waals surface area contributed by atoms with Gasteiger partial charge in [0.05, 0.1) is 24.5 Å². The molecule has 0 saturated heterocycles. The Labute approximate surface area is 228 Å². The quantitative estimate of drug-likeness (QED) is 0.229. The number of halogens is 5. The van der Waals surface area contributed by atoms with Gasteiger partial charge in [-0.15, -0.1) is 10.2 Å². The summed E-state index contributed by atoms with van der Waals surface area (Å²) in [6.07, 6.45) is -1.73. The first-order valence-corrected chi connectivity index (χ1v) is 12.0. The van der Waals surface area contributed by atoms with Crippen molar-refractivity contribution in [2.45, 2.75) is 44.9 Å². The van der Waals surface area contributed by atoms with E-state index in [2.05, 4.69) is 36.2 Å². The monoisotopic (exact) mass is 579 g/mol. The van der Waals surface area contributed by atoms with Gasteiger partial charge in [-0.05, 0) is 29.8 Å². The number of pyridine rings is 1. The lowest BCUT2D eigenvalue weighted by Crippen LogP contribution is -2.23. The van der Waals surface area contributed by atoms with Crippen molar-refractivity contribution in [2.75, 3.05) is 0 Å². The lowest BCUT2D eigenvalue weighted by Gasteiger charge is -2.08. The van der Waals surface area contributed by atoms with Crippen molar-refractivity contribution in [3.8, 4) is 5.75 Å². The maximum absolute atomic E-state index is 14.5. The zero-order valence-electron chi connectivity index (χ0n) is 21.0. The van der Waals surface area contributed by atoms with E-state index in [4.69, 9.17) is 0 Å². The molecule has 0 spiro atoms. The van der Waals surface area contributed by atoms with Gasteiger partial charge in [0.2, 0.25) is 0 Å². The lowest BCUT2D eigenvalue weighted by molar-refractivity contribution is -0.137. The Morgan fingerprint density at radius 1 is 0.951 bits per heavy atom. The summed E-state index contributed by atoms with van der Waals surface area (Å²) in [5.74, 6) is -2.12. The predicted molar refractivity (Wildman–Crippen MR) is 129 cm³/mol. The predicted octanol–water partition coefficient (Wildman–Crippen LogP) is 2.42. The zero-order valence-corrected chi connectivity index (χ0v) is 21.0. The van der Waals surface area contributed by atoms with Gasteiger partial charge in [0.1, 0.15) is 17.7 Å². The van der Waals surface area contributed by atoms with Gasteiger partial charge in [-0.1, -0.05) is 10.4 Å². The molecule has 41 heavy (non-hydrogen) atoms. The Kier molecular flexibility index (Phi) is 8.84. The fraction of sp³-hybridized carbons (Fsp3) is 0.292. The van der Waals surface area contributed by atoms with Crippen molar-refractivity contribution in [1.29, 1.82) is 0 Å². The molecule has 0 radical (unpaired) electrons. The smallest absolute Gasteiger partial charge is 0.417 e. The molecule has 1 unspecified atom stereocenters. The summed E-state index contributed by atoms with van der Waals surface area (Å²) < 4.78 is 69.1. The number of nitrogens with one attached hydrogen (secondary N) is 2. The topological polar surface area (TPSA) is 153 Å².